The number of piperazine rings is 1. The van der Waals surface area contributed by atoms with Gasteiger partial charge in [0.25, 0.3) is 0 Å². The number of ether oxygens (including phenoxy) is 2. The van der Waals surface area contributed by atoms with Crippen LogP contribution in [0.3, 0.4) is 0 Å². The number of hydrogen-bond donors (Lipinski definition) is 0. The average Bonchev–Trinajstić information content (AvgIpc) is 2.51. The molecule has 0 aliphatic carbocycles. The summed E-state index contributed by atoms with van der Waals surface area (Å²) in [5, 5.41) is 0. The number of carbonyl (C=O) groups excluding carboxylic acids is 1. The van der Waals surface area contributed by atoms with Gasteiger partial charge in [0.05, 0.1) is 6.61 Å². The van der Waals surface area contributed by atoms with Gasteiger partial charge >= 0.3 is 5.97 Å². The molecule has 5 heteroatoms. The van der Waals surface area contributed by atoms with Crippen molar-refractivity contribution in [2.45, 2.75) is 26.5 Å². The predicted molar refractivity (Wildman–Crippen MR) is 85.9 cm³/mol. The Morgan fingerprint density at radius 2 is 1.82 bits per heavy atom. The summed E-state index contributed by atoms with van der Waals surface area (Å²) in [6.45, 7) is 9.28. The Balaban J connectivity index is 1.83. The first-order valence-electron chi connectivity index (χ1n) is 7.91. The zero-order valence-corrected chi connectivity index (χ0v) is 13.7. The van der Waals surface area contributed by atoms with E-state index in [2.05, 4.69) is 29.0 Å². The van der Waals surface area contributed by atoms with Crippen molar-refractivity contribution in [3.63, 3.8) is 0 Å². The van der Waals surface area contributed by atoms with E-state index in [1.165, 1.54) is 5.56 Å². The van der Waals surface area contributed by atoms with Crippen molar-refractivity contribution in [2.75, 3.05) is 39.8 Å². The third-order valence-corrected chi connectivity index (χ3v) is 3.86. The summed E-state index contributed by atoms with van der Waals surface area (Å²) in [6, 6.07) is 7.96. The predicted octanol–water partition coefficient (Wildman–Crippen LogP) is 1.76. The van der Waals surface area contributed by atoms with Crippen LogP contribution in [0.5, 0.6) is 5.75 Å². The zero-order valence-electron chi connectivity index (χ0n) is 13.7. The van der Waals surface area contributed by atoms with Crippen molar-refractivity contribution in [3.05, 3.63) is 29.8 Å². The number of rotatable bonds is 6. The van der Waals surface area contributed by atoms with E-state index in [4.69, 9.17) is 9.47 Å². The maximum atomic E-state index is 11.5. The van der Waals surface area contributed by atoms with Gasteiger partial charge in [-0.3, -0.25) is 4.90 Å². The lowest BCUT2D eigenvalue weighted by molar-refractivity contribution is -0.150. The van der Waals surface area contributed by atoms with Crippen LogP contribution in [0.25, 0.3) is 0 Å². The maximum Gasteiger partial charge on any atom is 0.347 e. The quantitative estimate of drug-likeness (QED) is 0.749. The van der Waals surface area contributed by atoms with Gasteiger partial charge in [0.1, 0.15) is 5.75 Å². The molecule has 0 spiro atoms. The van der Waals surface area contributed by atoms with Crippen molar-refractivity contribution in [1.82, 2.24) is 9.80 Å². The lowest BCUT2D eigenvalue weighted by Crippen LogP contribution is -2.43. The van der Waals surface area contributed by atoms with E-state index in [0.717, 1.165) is 32.7 Å². The second kappa shape index (κ2) is 8.15. The van der Waals surface area contributed by atoms with Gasteiger partial charge in [0.15, 0.2) is 6.10 Å². The van der Waals surface area contributed by atoms with Gasteiger partial charge < -0.3 is 14.4 Å². The molecular formula is C17H26N2O3. The van der Waals surface area contributed by atoms with E-state index in [-0.39, 0.29) is 5.97 Å². The van der Waals surface area contributed by atoms with E-state index in [1.54, 1.807) is 13.8 Å². The van der Waals surface area contributed by atoms with Crippen LogP contribution in [-0.2, 0) is 16.1 Å². The number of carbonyl (C=O) groups is 1. The summed E-state index contributed by atoms with van der Waals surface area (Å²) < 4.78 is 10.5. The van der Waals surface area contributed by atoms with Crippen LogP contribution in [0.1, 0.15) is 19.4 Å². The van der Waals surface area contributed by atoms with Crippen molar-refractivity contribution in [3.8, 4) is 5.75 Å². The molecule has 1 aromatic rings. The van der Waals surface area contributed by atoms with E-state index in [9.17, 15) is 4.79 Å². The summed E-state index contributed by atoms with van der Waals surface area (Å²) in [5.74, 6) is 0.367. The number of esters is 1. The molecule has 0 saturated carbocycles. The van der Waals surface area contributed by atoms with Crippen LogP contribution in [0, 0.1) is 0 Å². The molecule has 1 atom stereocenters. The molecule has 1 fully saturated rings. The molecule has 1 aliphatic rings. The van der Waals surface area contributed by atoms with Crippen molar-refractivity contribution < 1.29 is 14.3 Å². The fraction of sp³-hybridized carbons (Fsp3) is 0.588. The molecule has 1 saturated heterocycles. The summed E-state index contributed by atoms with van der Waals surface area (Å²) in [5.41, 5.74) is 1.26. The summed E-state index contributed by atoms with van der Waals surface area (Å²) in [7, 11) is 2.16. The Kier molecular flexibility index (Phi) is 6.21. The molecule has 0 amide bonds. The lowest BCUT2D eigenvalue weighted by Gasteiger charge is -2.32. The van der Waals surface area contributed by atoms with Crippen molar-refractivity contribution >= 4 is 5.97 Å². The fourth-order valence-corrected chi connectivity index (χ4v) is 2.45. The monoisotopic (exact) mass is 306 g/mol. The second-order valence-corrected chi connectivity index (χ2v) is 5.74. The van der Waals surface area contributed by atoms with Crippen molar-refractivity contribution in [2.24, 2.45) is 0 Å². The topological polar surface area (TPSA) is 42.0 Å². The number of hydrogen-bond acceptors (Lipinski definition) is 5. The van der Waals surface area contributed by atoms with Gasteiger partial charge in [-0.25, -0.2) is 4.79 Å². The molecule has 1 aliphatic heterocycles. The highest BCUT2D eigenvalue weighted by Crippen LogP contribution is 2.16. The SMILES string of the molecule is CCOC(=O)C(C)Oc1ccc(CN2CCN(C)CC2)cc1. The fourth-order valence-electron chi connectivity index (χ4n) is 2.45. The first kappa shape index (κ1) is 16.8. The Hall–Kier alpha value is -1.59. The minimum atomic E-state index is -0.580. The van der Waals surface area contributed by atoms with Gasteiger partial charge in [-0.05, 0) is 38.6 Å². The van der Waals surface area contributed by atoms with Gasteiger partial charge in [0.2, 0.25) is 0 Å². The number of nitrogens with zero attached hydrogens (tertiary/aromatic N) is 2. The van der Waals surface area contributed by atoms with Gasteiger partial charge in [-0.15, -0.1) is 0 Å². The summed E-state index contributed by atoms with van der Waals surface area (Å²) >= 11 is 0. The zero-order chi connectivity index (χ0) is 15.9. The van der Waals surface area contributed by atoms with Crippen LogP contribution in [-0.4, -0.2) is 61.7 Å². The van der Waals surface area contributed by atoms with E-state index >= 15 is 0 Å². The standard InChI is InChI=1S/C17H26N2O3/c1-4-21-17(20)14(2)22-16-7-5-15(6-8-16)13-19-11-9-18(3)10-12-19/h5-8,14H,4,9-13H2,1-3H3. The lowest BCUT2D eigenvalue weighted by atomic mass is 10.2. The Labute approximate surface area is 132 Å². The molecule has 22 heavy (non-hydrogen) atoms. The van der Waals surface area contributed by atoms with Crippen molar-refractivity contribution in [1.29, 1.82) is 0 Å². The molecule has 0 bridgehead atoms. The van der Waals surface area contributed by atoms with Crippen LogP contribution in [0.2, 0.25) is 0 Å². The molecule has 0 aromatic heterocycles. The van der Waals surface area contributed by atoms with Crippen LogP contribution >= 0.6 is 0 Å². The second-order valence-electron chi connectivity index (χ2n) is 5.74. The highest BCUT2D eigenvalue weighted by Gasteiger charge is 2.16. The first-order chi connectivity index (χ1) is 10.6. The minimum Gasteiger partial charge on any atom is -0.479 e. The van der Waals surface area contributed by atoms with E-state index in [1.807, 2.05) is 12.1 Å². The van der Waals surface area contributed by atoms with Gasteiger partial charge in [0, 0.05) is 32.7 Å². The highest BCUT2D eigenvalue weighted by atomic mass is 16.6. The first-order valence-corrected chi connectivity index (χ1v) is 7.91. The molecule has 122 valence electrons. The van der Waals surface area contributed by atoms with E-state index in [0.29, 0.717) is 12.4 Å². The van der Waals surface area contributed by atoms with Crippen LogP contribution in [0.4, 0.5) is 0 Å². The average molecular weight is 306 g/mol. The Morgan fingerprint density at radius 1 is 1.18 bits per heavy atom. The number of benzene rings is 1. The Morgan fingerprint density at radius 3 is 2.41 bits per heavy atom. The summed E-state index contributed by atoms with van der Waals surface area (Å²) in [4.78, 5) is 16.4. The summed E-state index contributed by atoms with van der Waals surface area (Å²) in [6.07, 6.45) is -0.580. The molecule has 0 radical (unpaired) electrons. The third-order valence-electron chi connectivity index (χ3n) is 3.86. The van der Waals surface area contributed by atoms with Gasteiger partial charge in [-0.1, -0.05) is 12.1 Å². The minimum absolute atomic E-state index is 0.330. The number of likely N-dealkylation sites (N-methyl/N-ethyl adjacent to an activating group) is 1. The van der Waals surface area contributed by atoms with E-state index < -0.39 is 6.10 Å². The molecular weight excluding hydrogens is 280 g/mol. The van der Waals surface area contributed by atoms with Crippen LogP contribution < -0.4 is 4.74 Å². The molecule has 2 rings (SSSR count). The Bertz CT molecular complexity index is 467. The molecule has 0 N–H and O–H groups in total. The highest BCUT2D eigenvalue weighted by molar-refractivity contribution is 5.74. The molecule has 5 nitrogen and oxygen atoms in total. The normalized spacial score (nSPS) is 18.0. The van der Waals surface area contributed by atoms with Crippen LogP contribution in [0.15, 0.2) is 24.3 Å². The van der Waals surface area contributed by atoms with Gasteiger partial charge in [-0.2, -0.15) is 0 Å². The molecule has 1 unspecified atom stereocenters. The third kappa shape index (κ3) is 5.00. The maximum absolute atomic E-state index is 11.5. The largest absolute Gasteiger partial charge is 0.479 e. The molecule has 1 heterocycles. The smallest absolute Gasteiger partial charge is 0.347 e. The molecule has 1 aromatic carbocycles.